The first-order valence-corrected chi connectivity index (χ1v) is 3.62. The number of nitrogens with two attached hydrogens (primary N) is 2. The van der Waals surface area contributed by atoms with Gasteiger partial charge in [0.05, 0.1) is 11.7 Å². The molecule has 0 aliphatic rings. The summed E-state index contributed by atoms with van der Waals surface area (Å²) >= 11 is 0. The summed E-state index contributed by atoms with van der Waals surface area (Å²) in [5.41, 5.74) is 13.0. The quantitative estimate of drug-likeness (QED) is 0.641. The van der Waals surface area contributed by atoms with Crippen LogP contribution in [-0.2, 0) is 0 Å². The Morgan fingerprint density at radius 3 is 2.73 bits per heavy atom. The van der Waals surface area contributed by atoms with Crippen molar-refractivity contribution in [3.05, 3.63) is 29.6 Å². The van der Waals surface area contributed by atoms with E-state index in [1.807, 2.05) is 19.1 Å². The molecule has 0 aliphatic heterocycles. The van der Waals surface area contributed by atoms with Crippen LogP contribution in [0.15, 0.2) is 18.3 Å². The Kier molecular flexibility index (Phi) is 2.57. The van der Waals surface area contributed by atoms with Gasteiger partial charge in [0.25, 0.3) is 0 Å². The van der Waals surface area contributed by atoms with Crippen LogP contribution in [0.3, 0.4) is 0 Å². The monoisotopic (exact) mass is 151 g/mol. The van der Waals surface area contributed by atoms with Crippen molar-refractivity contribution in [3.8, 4) is 0 Å². The van der Waals surface area contributed by atoms with Gasteiger partial charge in [-0.3, -0.25) is 4.98 Å². The molecule has 1 aromatic heterocycles. The maximum absolute atomic E-state index is 5.66. The maximum Gasteiger partial charge on any atom is 0.0594 e. The van der Waals surface area contributed by atoms with Gasteiger partial charge in [-0.05, 0) is 18.6 Å². The minimum Gasteiger partial charge on any atom is -0.329 e. The molecule has 0 spiro atoms. The van der Waals surface area contributed by atoms with Crippen LogP contribution in [0.5, 0.6) is 0 Å². The van der Waals surface area contributed by atoms with E-state index in [2.05, 4.69) is 4.98 Å². The van der Waals surface area contributed by atoms with Gasteiger partial charge in [0.1, 0.15) is 0 Å². The Morgan fingerprint density at radius 2 is 2.27 bits per heavy atom. The number of aryl methyl sites for hydroxylation is 1. The van der Waals surface area contributed by atoms with Crippen LogP contribution in [0.2, 0.25) is 0 Å². The number of aromatic nitrogens is 1. The van der Waals surface area contributed by atoms with Gasteiger partial charge in [0.15, 0.2) is 0 Å². The number of hydrogen-bond acceptors (Lipinski definition) is 3. The predicted octanol–water partition coefficient (Wildman–Crippen LogP) is 0.349. The number of nitrogens with zero attached hydrogens (tertiary/aromatic N) is 1. The summed E-state index contributed by atoms with van der Waals surface area (Å²) in [5, 5.41) is 0. The largest absolute Gasteiger partial charge is 0.329 e. The molecule has 1 atom stereocenters. The lowest BCUT2D eigenvalue weighted by atomic mass is 10.2. The van der Waals surface area contributed by atoms with Crippen molar-refractivity contribution in [1.82, 2.24) is 4.98 Å². The molecule has 60 valence electrons. The summed E-state index contributed by atoms with van der Waals surface area (Å²) in [6, 6.07) is 3.76. The van der Waals surface area contributed by atoms with Crippen LogP contribution in [0.1, 0.15) is 17.3 Å². The first kappa shape index (κ1) is 8.17. The van der Waals surface area contributed by atoms with Crippen molar-refractivity contribution >= 4 is 0 Å². The summed E-state index contributed by atoms with van der Waals surface area (Å²) in [4.78, 5) is 4.14. The van der Waals surface area contributed by atoms with E-state index in [4.69, 9.17) is 11.5 Å². The summed E-state index contributed by atoms with van der Waals surface area (Å²) in [5.74, 6) is 0. The minimum atomic E-state index is -0.129. The second-order valence-corrected chi connectivity index (χ2v) is 2.60. The van der Waals surface area contributed by atoms with Crippen molar-refractivity contribution in [2.45, 2.75) is 13.0 Å². The van der Waals surface area contributed by atoms with E-state index in [0.717, 1.165) is 11.3 Å². The topological polar surface area (TPSA) is 64.9 Å². The third-order valence-electron chi connectivity index (χ3n) is 1.57. The van der Waals surface area contributed by atoms with Gasteiger partial charge in [-0.2, -0.15) is 0 Å². The normalized spacial score (nSPS) is 13.0. The molecule has 1 rings (SSSR count). The smallest absolute Gasteiger partial charge is 0.0594 e. The van der Waals surface area contributed by atoms with E-state index in [1.54, 1.807) is 6.20 Å². The van der Waals surface area contributed by atoms with Crippen LogP contribution in [0.25, 0.3) is 0 Å². The van der Waals surface area contributed by atoms with Crippen LogP contribution in [0, 0.1) is 6.92 Å². The predicted molar refractivity (Wildman–Crippen MR) is 45.0 cm³/mol. The van der Waals surface area contributed by atoms with Crippen LogP contribution >= 0.6 is 0 Å². The van der Waals surface area contributed by atoms with E-state index in [1.165, 1.54) is 0 Å². The molecular formula is C8H13N3. The third kappa shape index (κ3) is 2.00. The molecule has 0 radical (unpaired) electrons. The Hall–Kier alpha value is -0.930. The molecule has 3 heteroatoms. The average Bonchev–Trinajstić information content (AvgIpc) is 2.05. The first-order valence-electron chi connectivity index (χ1n) is 3.62. The minimum absolute atomic E-state index is 0.129. The molecule has 1 heterocycles. The van der Waals surface area contributed by atoms with E-state index in [-0.39, 0.29) is 6.04 Å². The SMILES string of the molecule is Cc1ccc(C(N)CN)nc1. The summed E-state index contributed by atoms with van der Waals surface area (Å²) in [7, 11) is 0. The van der Waals surface area contributed by atoms with Gasteiger partial charge in [0.2, 0.25) is 0 Å². The first-order chi connectivity index (χ1) is 5.24. The second-order valence-electron chi connectivity index (χ2n) is 2.60. The molecule has 0 aliphatic carbocycles. The van der Waals surface area contributed by atoms with Gasteiger partial charge in [-0.25, -0.2) is 0 Å². The zero-order chi connectivity index (χ0) is 8.27. The molecule has 0 saturated heterocycles. The molecule has 4 N–H and O–H groups in total. The third-order valence-corrected chi connectivity index (χ3v) is 1.57. The zero-order valence-electron chi connectivity index (χ0n) is 6.62. The fourth-order valence-electron chi connectivity index (χ4n) is 0.819. The molecule has 0 bridgehead atoms. The standard InChI is InChI=1S/C8H13N3/c1-6-2-3-8(11-5-6)7(10)4-9/h2-3,5,7H,4,9-10H2,1H3. The molecule has 0 saturated carbocycles. The van der Waals surface area contributed by atoms with Gasteiger partial charge in [-0.15, -0.1) is 0 Å². The van der Waals surface area contributed by atoms with Crippen LogP contribution in [0.4, 0.5) is 0 Å². The summed E-state index contributed by atoms with van der Waals surface area (Å²) in [6.45, 7) is 2.43. The van der Waals surface area contributed by atoms with E-state index in [9.17, 15) is 0 Å². The highest BCUT2D eigenvalue weighted by Gasteiger charge is 2.02. The lowest BCUT2D eigenvalue weighted by molar-refractivity contribution is 0.710. The summed E-state index contributed by atoms with van der Waals surface area (Å²) in [6.07, 6.45) is 1.80. The highest BCUT2D eigenvalue weighted by molar-refractivity contribution is 5.14. The molecule has 3 nitrogen and oxygen atoms in total. The second kappa shape index (κ2) is 3.46. The maximum atomic E-state index is 5.66. The van der Waals surface area contributed by atoms with E-state index >= 15 is 0 Å². The highest BCUT2D eigenvalue weighted by atomic mass is 14.8. The highest BCUT2D eigenvalue weighted by Crippen LogP contribution is 2.05. The van der Waals surface area contributed by atoms with Crippen molar-refractivity contribution in [2.24, 2.45) is 11.5 Å². The van der Waals surface area contributed by atoms with Gasteiger partial charge in [0, 0.05) is 12.7 Å². The van der Waals surface area contributed by atoms with E-state index < -0.39 is 0 Å². The molecule has 0 fully saturated rings. The fraction of sp³-hybridized carbons (Fsp3) is 0.375. The van der Waals surface area contributed by atoms with E-state index in [0.29, 0.717) is 6.54 Å². The molecule has 1 aromatic rings. The number of rotatable bonds is 2. The van der Waals surface area contributed by atoms with Gasteiger partial charge < -0.3 is 11.5 Å². The Balaban J connectivity index is 2.81. The van der Waals surface area contributed by atoms with Crippen molar-refractivity contribution in [3.63, 3.8) is 0 Å². The molecule has 11 heavy (non-hydrogen) atoms. The van der Waals surface area contributed by atoms with Crippen molar-refractivity contribution in [2.75, 3.05) is 6.54 Å². The zero-order valence-corrected chi connectivity index (χ0v) is 6.62. The molecular weight excluding hydrogens is 138 g/mol. The number of pyridine rings is 1. The number of hydrogen-bond donors (Lipinski definition) is 2. The van der Waals surface area contributed by atoms with Crippen LogP contribution < -0.4 is 11.5 Å². The lowest BCUT2D eigenvalue weighted by Gasteiger charge is -2.06. The Bertz CT molecular complexity index is 217. The van der Waals surface area contributed by atoms with Crippen LogP contribution in [-0.4, -0.2) is 11.5 Å². The van der Waals surface area contributed by atoms with Gasteiger partial charge >= 0.3 is 0 Å². The Morgan fingerprint density at radius 1 is 1.55 bits per heavy atom. The molecule has 0 amide bonds. The lowest BCUT2D eigenvalue weighted by Crippen LogP contribution is -2.21. The average molecular weight is 151 g/mol. The Labute approximate surface area is 66.4 Å². The summed E-state index contributed by atoms with van der Waals surface area (Å²) < 4.78 is 0. The van der Waals surface area contributed by atoms with Gasteiger partial charge in [-0.1, -0.05) is 6.07 Å². The molecule has 1 unspecified atom stereocenters. The fourth-order valence-corrected chi connectivity index (χ4v) is 0.819. The molecule has 0 aromatic carbocycles. The van der Waals surface area contributed by atoms with Crippen molar-refractivity contribution in [1.29, 1.82) is 0 Å². The van der Waals surface area contributed by atoms with Crippen molar-refractivity contribution < 1.29 is 0 Å².